The van der Waals surface area contributed by atoms with Crippen molar-refractivity contribution in [3.8, 4) is 0 Å². The predicted octanol–water partition coefficient (Wildman–Crippen LogP) is 3.38. The molecule has 0 radical (unpaired) electrons. The number of thiophene rings is 1. The summed E-state index contributed by atoms with van der Waals surface area (Å²) in [4.78, 5) is 16.5. The molecule has 2 aromatic rings. The number of carbonyl (C=O) groups is 1. The van der Waals surface area contributed by atoms with Gasteiger partial charge in [0.05, 0.1) is 6.04 Å². The highest BCUT2D eigenvalue weighted by atomic mass is 32.1. The third kappa shape index (κ3) is 3.57. The molecule has 0 saturated heterocycles. The molecule has 1 aromatic heterocycles. The SMILES string of the molecule is Cc1ccc2c(c1)CN(C(=O)NCC(c1ccsc1)N(C)C)C2. The average molecular weight is 329 g/mol. The Bertz CT molecular complexity index is 682. The summed E-state index contributed by atoms with van der Waals surface area (Å²) < 4.78 is 0. The number of hydrogen-bond donors (Lipinski definition) is 1. The van der Waals surface area contributed by atoms with Crippen molar-refractivity contribution in [3.05, 3.63) is 57.3 Å². The van der Waals surface area contributed by atoms with Crippen molar-refractivity contribution in [3.63, 3.8) is 0 Å². The van der Waals surface area contributed by atoms with Crippen molar-refractivity contribution in [2.24, 2.45) is 0 Å². The molecule has 0 aliphatic carbocycles. The molecule has 2 amide bonds. The Labute approximate surface area is 141 Å². The van der Waals surface area contributed by atoms with Crippen molar-refractivity contribution in [1.29, 1.82) is 0 Å². The summed E-state index contributed by atoms with van der Waals surface area (Å²) in [6.07, 6.45) is 0. The van der Waals surface area contributed by atoms with E-state index in [1.165, 1.54) is 22.3 Å². The van der Waals surface area contributed by atoms with E-state index in [1.54, 1.807) is 11.3 Å². The maximum atomic E-state index is 12.5. The number of rotatable bonds is 4. The molecule has 1 N–H and O–H groups in total. The summed E-state index contributed by atoms with van der Waals surface area (Å²) in [7, 11) is 4.09. The molecule has 0 saturated carbocycles. The van der Waals surface area contributed by atoms with Crippen LogP contribution in [0, 0.1) is 6.92 Å². The summed E-state index contributed by atoms with van der Waals surface area (Å²) in [5.41, 5.74) is 5.02. The van der Waals surface area contributed by atoms with Crippen LogP contribution in [0.3, 0.4) is 0 Å². The zero-order chi connectivity index (χ0) is 16.4. The van der Waals surface area contributed by atoms with Gasteiger partial charge in [0, 0.05) is 19.6 Å². The fraction of sp³-hybridized carbons (Fsp3) is 0.389. The zero-order valence-corrected chi connectivity index (χ0v) is 14.7. The first kappa shape index (κ1) is 16.0. The minimum Gasteiger partial charge on any atom is -0.336 e. The summed E-state index contributed by atoms with van der Waals surface area (Å²) in [6.45, 7) is 4.11. The van der Waals surface area contributed by atoms with Crippen LogP contribution in [0.5, 0.6) is 0 Å². The van der Waals surface area contributed by atoms with Crippen molar-refractivity contribution in [1.82, 2.24) is 15.1 Å². The van der Waals surface area contributed by atoms with Gasteiger partial charge in [0.25, 0.3) is 0 Å². The van der Waals surface area contributed by atoms with Crippen LogP contribution in [0.2, 0.25) is 0 Å². The molecule has 0 bridgehead atoms. The molecule has 1 atom stereocenters. The molecule has 23 heavy (non-hydrogen) atoms. The molecule has 2 heterocycles. The Morgan fingerprint density at radius 3 is 2.78 bits per heavy atom. The van der Waals surface area contributed by atoms with Gasteiger partial charge in [-0.1, -0.05) is 23.8 Å². The minimum absolute atomic E-state index is 0.0148. The Balaban J connectivity index is 1.60. The number of nitrogens with zero attached hydrogens (tertiary/aromatic N) is 2. The predicted molar refractivity (Wildman–Crippen MR) is 94.6 cm³/mol. The van der Waals surface area contributed by atoms with Crippen LogP contribution in [-0.4, -0.2) is 36.5 Å². The second-order valence-corrected chi connectivity index (χ2v) is 7.13. The topological polar surface area (TPSA) is 35.6 Å². The number of likely N-dealkylation sites (N-methyl/N-ethyl adjacent to an activating group) is 1. The Hall–Kier alpha value is -1.85. The number of aryl methyl sites for hydroxylation is 1. The van der Waals surface area contributed by atoms with Crippen LogP contribution in [0.25, 0.3) is 0 Å². The lowest BCUT2D eigenvalue weighted by molar-refractivity contribution is 0.193. The first-order chi connectivity index (χ1) is 11.0. The fourth-order valence-corrected chi connectivity index (χ4v) is 3.73. The molecular formula is C18H23N3OS. The minimum atomic E-state index is 0.0148. The van der Waals surface area contributed by atoms with Gasteiger partial charge in [0.15, 0.2) is 0 Å². The van der Waals surface area contributed by atoms with E-state index >= 15 is 0 Å². The molecule has 0 fully saturated rings. The molecule has 1 unspecified atom stereocenters. The summed E-state index contributed by atoms with van der Waals surface area (Å²) in [5, 5.41) is 7.31. The van der Waals surface area contributed by atoms with Gasteiger partial charge in [-0.25, -0.2) is 4.79 Å². The van der Waals surface area contributed by atoms with E-state index in [1.807, 2.05) is 19.0 Å². The molecule has 1 aliphatic heterocycles. The van der Waals surface area contributed by atoms with Crippen molar-refractivity contribution >= 4 is 17.4 Å². The molecule has 0 spiro atoms. The van der Waals surface area contributed by atoms with E-state index in [9.17, 15) is 4.79 Å². The number of fused-ring (bicyclic) bond motifs is 1. The average Bonchev–Trinajstić information content (AvgIpc) is 3.15. The van der Waals surface area contributed by atoms with Gasteiger partial charge >= 0.3 is 6.03 Å². The zero-order valence-electron chi connectivity index (χ0n) is 13.9. The first-order valence-electron chi connectivity index (χ1n) is 7.84. The lowest BCUT2D eigenvalue weighted by atomic mass is 10.1. The third-order valence-electron chi connectivity index (χ3n) is 4.37. The monoisotopic (exact) mass is 329 g/mol. The van der Waals surface area contributed by atoms with Crippen LogP contribution in [0.15, 0.2) is 35.0 Å². The lowest BCUT2D eigenvalue weighted by Gasteiger charge is -2.25. The molecule has 1 aliphatic rings. The fourth-order valence-electron chi connectivity index (χ4n) is 3.03. The maximum absolute atomic E-state index is 12.5. The van der Waals surface area contributed by atoms with Crippen molar-refractivity contribution in [2.45, 2.75) is 26.1 Å². The van der Waals surface area contributed by atoms with E-state index < -0.39 is 0 Å². The Morgan fingerprint density at radius 2 is 2.09 bits per heavy atom. The molecule has 3 rings (SSSR count). The summed E-state index contributed by atoms with van der Waals surface area (Å²) in [6, 6.07) is 8.76. The van der Waals surface area contributed by atoms with Crippen LogP contribution in [0.4, 0.5) is 4.79 Å². The van der Waals surface area contributed by atoms with E-state index in [-0.39, 0.29) is 12.1 Å². The van der Waals surface area contributed by atoms with Gasteiger partial charge in [-0.05, 0) is 54.5 Å². The van der Waals surface area contributed by atoms with Crippen LogP contribution in [0.1, 0.15) is 28.3 Å². The second-order valence-electron chi connectivity index (χ2n) is 6.35. The Kier molecular flexibility index (Phi) is 4.68. The van der Waals surface area contributed by atoms with E-state index in [0.29, 0.717) is 19.6 Å². The van der Waals surface area contributed by atoms with Gasteiger partial charge in [-0.3, -0.25) is 0 Å². The van der Waals surface area contributed by atoms with Crippen molar-refractivity contribution in [2.75, 3.05) is 20.6 Å². The quantitative estimate of drug-likeness (QED) is 0.933. The number of urea groups is 1. The maximum Gasteiger partial charge on any atom is 0.318 e. The number of hydrogen-bond acceptors (Lipinski definition) is 3. The van der Waals surface area contributed by atoms with Gasteiger partial charge in [-0.15, -0.1) is 0 Å². The number of carbonyl (C=O) groups excluding carboxylic acids is 1. The second kappa shape index (κ2) is 6.72. The van der Waals surface area contributed by atoms with E-state index in [4.69, 9.17) is 0 Å². The van der Waals surface area contributed by atoms with Gasteiger partial charge < -0.3 is 15.1 Å². The number of nitrogens with one attached hydrogen (secondary N) is 1. The molecule has 122 valence electrons. The molecule has 5 heteroatoms. The summed E-state index contributed by atoms with van der Waals surface area (Å²) in [5.74, 6) is 0. The lowest BCUT2D eigenvalue weighted by Crippen LogP contribution is -2.40. The number of amides is 2. The molecule has 1 aromatic carbocycles. The van der Waals surface area contributed by atoms with E-state index in [2.05, 4.69) is 52.2 Å². The highest BCUT2D eigenvalue weighted by Gasteiger charge is 2.24. The standard InChI is InChI=1S/C18H23N3OS/c1-13-4-5-14-10-21(11-16(14)8-13)18(22)19-9-17(20(2)3)15-6-7-23-12-15/h4-8,12,17H,9-11H2,1-3H3,(H,19,22). The van der Waals surface area contributed by atoms with Gasteiger partial charge in [0.2, 0.25) is 0 Å². The van der Waals surface area contributed by atoms with Gasteiger partial charge in [-0.2, -0.15) is 11.3 Å². The highest BCUT2D eigenvalue weighted by Crippen LogP contribution is 2.24. The van der Waals surface area contributed by atoms with Crippen LogP contribution >= 0.6 is 11.3 Å². The van der Waals surface area contributed by atoms with Crippen LogP contribution in [-0.2, 0) is 13.1 Å². The largest absolute Gasteiger partial charge is 0.336 e. The summed E-state index contributed by atoms with van der Waals surface area (Å²) >= 11 is 1.69. The first-order valence-corrected chi connectivity index (χ1v) is 8.78. The normalized spacial score (nSPS) is 14.9. The number of benzene rings is 1. The smallest absolute Gasteiger partial charge is 0.318 e. The van der Waals surface area contributed by atoms with Crippen LogP contribution < -0.4 is 5.32 Å². The highest BCUT2D eigenvalue weighted by molar-refractivity contribution is 7.07. The Morgan fingerprint density at radius 1 is 1.30 bits per heavy atom. The van der Waals surface area contributed by atoms with Gasteiger partial charge in [0.1, 0.15) is 0 Å². The van der Waals surface area contributed by atoms with E-state index in [0.717, 1.165) is 0 Å². The molecular weight excluding hydrogens is 306 g/mol. The van der Waals surface area contributed by atoms with Crippen molar-refractivity contribution < 1.29 is 4.79 Å². The third-order valence-corrected chi connectivity index (χ3v) is 5.07. The molecule has 4 nitrogen and oxygen atoms in total.